The van der Waals surface area contributed by atoms with Crippen LogP contribution in [0.5, 0.6) is 0 Å². The van der Waals surface area contributed by atoms with Gasteiger partial charge in [0.05, 0.1) is 25.9 Å². The predicted octanol–water partition coefficient (Wildman–Crippen LogP) is 2.65. The molecule has 0 radical (unpaired) electrons. The third-order valence-corrected chi connectivity index (χ3v) is 4.13. The van der Waals surface area contributed by atoms with Crippen molar-refractivity contribution in [1.82, 2.24) is 0 Å². The lowest BCUT2D eigenvalue weighted by molar-refractivity contribution is -0.509. The Morgan fingerprint density at radius 2 is 1.50 bits per heavy atom. The summed E-state index contributed by atoms with van der Waals surface area (Å²) in [7, 11) is 0. The summed E-state index contributed by atoms with van der Waals surface area (Å²) in [4.78, 5) is 0. The molecule has 0 amide bonds. The number of rotatable bonds is 7. The van der Waals surface area contributed by atoms with Crippen LogP contribution in [0.15, 0.2) is 60.7 Å². The van der Waals surface area contributed by atoms with E-state index in [1.165, 1.54) is 0 Å². The zero-order valence-corrected chi connectivity index (χ0v) is 13.7. The van der Waals surface area contributed by atoms with Gasteiger partial charge in [0.15, 0.2) is 0 Å². The molecule has 4 heteroatoms. The first-order valence-corrected chi connectivity index (χ1v) is 8.40. The molecule has 0 saturated carbocycles. The van der Waals surface area contributed by atoms with Crippen LogP contribution in [0.4, 0.5) is 0 Å². The fourth-order valence-corrected chi connectivity index (χ4v) is 2.82. The fraction of sp³-hybridized carbons (Fsp3) is 0.400. The summed E-state index contributed by atoms with van der Waals surface area (Å²) in [6.07, 6.45) is -0.207. The van der Waals surface area contributed by atoms with Crippen molar-refractivity contribution in [2.24, 2.45) is 0 Å². The van der Waals surface area contributed by atoms with Crippen molar-refractivity contribution < 1.29 is 19.3 Å². The van der Waals surface area contributed by atoms with Crippen molar-refractivity contribution in [2.45, 2.75) is 44.6 Å². The molecule has 2 aromatic rings. The second kappa shape index (κ2) is 8.94. The van der Waals surface area contributed by atoms with Gasteiger partial charge in [-0.05, 0) is 30.3 Å². The van der Waals surface area contributed by atoms with Crippen molar-refractivity contribution >= 4 is 0 Å². The van der Waals surface area contributed by atoms with Crippen LogP contribution >= 0.6 is 0 Å². The van der Waals surface area contributed by atoms with Gasteiger partial charge in [0, 0.05) is 0 Å². The summed E-state index contributed by atoms with van der Waals surface area (Å²) in [6, 6.07) is 20.0. The van der Waals surface area contributed by atoms with Gasteiger partial charge >= 0.3 is 0 Å². The van der Waals surface area contributed by atoms with Gasteiger partial charge in [-0.3, -0.25) is 0 Å². The van der Waals surface area contributed by atoms with E-state index >= 15 is 0 Å². The molecule has 0 aliphatic carbocycles. The lowest BCUT2D eigenvalue weighted by atomic mass is 10.0. The van der Waals surface area contributed by atoms with Crippen LogP contribution in [0, 0.1) is 0 Å². The van der Waals surface area contributed by atoms with Gasteiger partial charge in [0.1, 0.15) is 6.10 Å². The monoisotopic (exact) mass is 327 g/mol. The van der Waals surface area contributed by atoms with Crippen LogP contribution in [0.3, 0.4) is 0 Å². The van der Waals surface area contributed by atoms with Gasteiger partial charge in [-0.2, -0.15) is 0 Å². The van der Waals surface area contributed by atoms with Gasteiger partial charge in [-0.25, -0.2) is 0 Å². The second-order valence-electron chi connectivity index (χ2n) is 6.02. The highest BCUT2D eigenvalue weighted by molar-refractivity contribution is 5.14. The minimum atomic E-state index is -0.980. The van der Waals surface area contributed by atoms with Crippen LogP contribution < -0.4 is 5.11 Å². The van der Waals surface area contributed by atoms with Gasteiger partial charge in [-0.15, -0.1) is 0 Å². The van der Waals surface area contributed by atoms with Crippen molar-refractivity contribution in [2.75, 3.05) is 6.61 Å². The average molecular weight is 327 g/mol. The van der Waals surface area contributed by atoms with E-state index in [2.05, 4.69) is 0 Å². The molecule has 24 heavy (non-hydrogen) atoms. The Hall–Kier alpha value is -1.72. The smallest absolute Gasteiger partial charge is 0.105 e. The molecule has 1 aliphatic rings. The van der Waals surface area contributed by atoms with E-state index in [1.807, 2.05) is 60.7 Å². The normalized spacial score (nSPS) is 24.0. The summed E-state index contributed by atoms with van der Waals surface area (Å²) in [6.45, 7) is 1.40. The number of hydrogen-bond acceptors (Lipinski definition) is 4. The van der Waals surface area contributed by atoms with Crippen LogP contribution in [-0.4, -0.2) is 25.1 Å². The largest absolute Gasteiger partial charge is 0.831 e. The molecule has 4 nitrogen and oxygen atoms in total. The standard InChI is InChI=1S/C20H23O4/c21-20-12-11-18(23-14-17-9-5-2-6-10-17)19(24-20)15-22-13-16-7-3-1-4-8-16/h1-10,18-20H,11-15H2/q-1/t18-,19+,20-/m0/s1. The molecule has 0 bridgehead atoms. The highest BCUT2D eigenvalue weighted by Crippen LogP contribution is 2.22. The summed E-state index contributed by atoms with van der Waals surface area (Å²) in [5, 5.41) is 11.7. The first-order chi connectivity index (χ1) is 11.8. The fourth-order valence-electron chi connectivity index (χ4n) is 2.82. The van der Waals surface area contributed by atoms with E-state index < -0.39 is 6.29 Å². The Morgan fingerprint density at radius 3 is 2.17 bits per heavy atom. The first-order valence-electron chi connectivity index (χ1n) is 8.40. The van der Waals surface area contributed by atoms with Gasteiger partial charge in [0.2, 0.25) is 0 Å². The van der Waals surface area contributed by atoms with E-state index in [0.717, 1.165) is 11.1 Å². The highest BCUT2D eigenvalue weighted by Gasteiger charge is 2.28. The van der Waals surface area contributed by atoms with Crippen molar-refractivity contribution in [3.05, 3.63) is 71.8 Å². The van der Waals surface area contributed by atoms with Crippen molar-refractivity contribution in [3.63, 3.8) is 0 Å². The molecule has 1 saturated heterocycles. The lowest BCUT2D eigenvalue weighted by Crippen LogP contribution is -2.47. The van der Waals surface area contributed by atoms with Crippen LogP contribution in [0.2, 0.25) is 0 Å². The molecule has 128 valence electrons. The van der Waals surface area contributed by atoms with Crippen LogP contribution in [-0.2, 0) is 27.4 Å². The minimum absolute atomic E-state index is 0.105. The lowest BCUT2D eigenvalue weighted by Gasteiger charge is -2.39. The van der Waals surface area contributed by atoms with E-state index in [-0.39, 0.29) is 12.2 Å². The molecule has 1 aliphatic heterocycles. The zero-order valence-electron chi connectivity index (χ0n) is 13.7. The number of benzene rings is 2. The maximum Gasteiger partial charge on any atom is 0.105 e. The maximum absolute atomic E-state index is 11.7. The van der Waals surface area contributed by atoms with Crippen LogP contribution in [0.25, 0.3) is 0 Å². The highest BCUT2D eigenvalue weighted by atomic mass is 16.6. The molecule has 0 aromatic heterocycles. The molecule has 1 fully saturated rings. The summed E-state index contributed by atoms with van der Waals surface area (Å²) in [5.74, 6) is 0. The third-order valence-electron chi connectivity index (χ3n) is 4.13. The topological polar surface area (TPSA) is 50.8 Å². The predicted molar refractivity (Wildman–Crippen MR) is 89.0 cm³/mol. The number of hydrogen-bond donors (Lipinski definition) is 0. The van der Waals surface area contributed by atoms with Crippen molar-refractivity contribution in [3.8, 4) is 0 Å². The van der Waals surface area contributed by atoms with E-state index in [4.69, 9.17) is 14.2 Å². The molecule has 2 aromatic carbocycles. The third kappa shape index (κ3) is 5.14. The Morgan fingerprint density at radius 1 is 0.875 bits per heavy atom. The van der Waals surface area contributed by atoms with Crippen LogP contribution in [0.1, 0.15) is 24.0 Å². The molecule has 0 N–H and O–H groups in total. The van der Waals surface area contributed by atoms with Crippen molar-refractivity contribution in [1.29, 1.82) is 0 Å². The average Bonchev–Trinajstić information content (AvgIpc) is 2.63. The Balaban J connectivity index is 1.50. The van der Waals surface area contributed by atoms with E-state index in [0.29, 0.717) is 32.7 Å². The van der Waals surface area contributed by atoms with E-state index in [1.54, 1.807) is 0 Å². The Bertz CT molecular complexity index is 587. The molecule has 3 atom stereocenters. The SMILES string of the molecule is [O-][C@@H]1CC[C@H](OCc2ccccc2)[C@@H](COCc2ccccc2)O1. The molecule has 0 spiro atoms. The first kappa shape index (κ1) is 17.1. The summed E-state index contributed by atoms with van der Waals surface area (Å²) >= 11 is 0. The quantitative estimate of drug-likeness (QED) is 0.784. The molecule has 1 heterocycles. The van der Waals surface area contributed by atoms with Gasteiger partial charge < -0.3 is 19.3 Å². The summed E-state index contributed by atoms with van der Waals surface area (Å²) in [5.41, 5.74) is 2.22. The number of ether oxygens (including phenoxy) is 3. The summed E-state index contributed by atoms with van der Waals surface area (Å²) < 4.78 is 17.3. The molecule has 0 unspecified atom stereocenters. The molecular weight excluding hydrogens is 304 g/mol. The minimum Gasteiger partial charge on any atom is -0.831 e. The van der Waals surface area contributed by atoms with E-state index in [9.17, 15) is 5.11 Å². The molecule has 3 rings (SSSR count). The van der Waals surface area contributed by atoms with Gasteiger partial charge in [0.25, 0.3) is 0 Å². The second-order valence-corrected chi connectivity index (χ2v) is 6.02. The Kier molecular flexibility index (Phi) is 6.38. The maximum atomic E-state index is 11.7. The molecular formula is C20H23O4-. The zero-order chi connectivity index (χ0) is 16.6. The Labute approximate surface area is 143 Å². The van der Waals surface area contributed by atoms with Gasteiger partial charge in [-0.1, -0.05) is 60.7 Å².